The van der Waals surface area contributed by atoms with E-state index in [-0.39, 0.29) is 5.41 Å². The fourth-order valence-electron chi connectivity index (χ4n) is 2.88. The second-order valence-electron chi connectivity index (χ2n) is 6.72. The highest BCUT2D eigenvalue weighted by Crippen LogP contribution is 2.26. The van der Waals surface area contributed by atoms with Crippen LogP contribution in [-0.2, 0) is 5.41 Å². The molecule has 0 aromatic carbocycles. The van der Waals surface area contributed by atoms with Gasteiger partial charge in [0.15, 0.2) is 5.96 Å². The van der Waals surface area contributed by atoms with Gasteiger partial charge in [-0.25, -0.2) is 0 Å². The highest BCUT2D eigenvalue weighted by Gasteiger charge is 2.23. The third kappa shape index (κ3) is 4.71. The van der Waals surface area contributed by atoms with Crippen molar-refractivity contribution in [2.45, 2.75) is 32.6 Å². The summed E-state index contributed by atoms with van der Waals surface area (Å²) in [6.45, 7) is 12.3. The van der Waals surface area contributed by atoms with E-state index in [9.17, 15) is 0 Å². The molecule has 0 spiro atoms. The summed E-state index contributed by atoms with van der Waals surface area (Å²) in [7, 11) is 1.85. The molecule has 2 rings (SSSR count). The van der Waals surface area contributed by atoms with Gasteiger partial charge in [0, 0.05) is 37.0 Å². The first-order valence-electron chi connectivity index (χ1n) is 8.26. The molecule has 1 unspecified atom stereocenters. The van der Waals surface area contributed by atoms with Crippen LogP contribution in [0.4, 0.5) is 0 Å². The molecule has 0 aliphatic carbocycles. The summed E-state index contributed by atoms with van der Waals surface area (Å²) in [6, 6.07) is 4.33. The Morgan fingerprint density at radius 2 is 2.27 bits per heavy atom. The predicted molar refractivity (Wildman–Crippen MR) is 96.9 cm³/mol. The predicted octanol–water partition coefficient (Wildman–Crippen LogP) is 2.53. The van der Waals surface area contributed by atoms with E-state index in [0.717, 1.165) is 25.0 Å². The van der Waals surface area contributed by atoms with Gasteiger partial charge >= 0.3 is 0 Å². The van der Waals surface area contributed by atoms with Crippen molar-refractivity contribution in [1.82, 2.24) is 15.5 Å². The van der Waals surface area contributed by atoms with E-state index < -0.39 is 0 Å². The average molecular weight is 323 g/mol. The SMILES string of the molecule is CCN1CCC(CNC(=NC)NCC(C)(C)c2cccs2)C1. The zero-order valence-corrected chi connectivity index (χ0v) is 15.2. The highest BCUT2D eigenvalue weighted by molar-refractivity contribution is 7.10. The van der Waals surface area contributed by atoms with E-state index in [2.05, 4.69) is 58.8 Å². The molecule has 0 saturated carbocycles. The highest BCUT2D eigenvalue weighted by atomic mass is 32.1. The van der Waals surface area contributed by atoms with Gasteiger partial charge in [-0.05, 0) is 36.9 Å². The van der Waals surface area contributed by atoms with Crippen LogP contribution < -0.4 is 10.6 Å². The van der Waals surface area contributed by atoms with Crippen LogP contribution >= 0.6 is 11.3 Å². The molecule has 1 fully saturated rings. The number of nitrogens with one attached hydrogen (secondary N) is 2. The number of hydrogen-bond donors (Lipinski definition) is 2. The van der Waals surface area contributed by atoms with E-state index >= 15 is 0 Å². The molecule has 4 nitrogen and oxygen atoms in total. The average Bonchev–Trinajstić information content (AvgIpc) is 3.19. The van der Waals surface area contributed by atoms with Crippen LogP contribution in [0.3, 0.4) is 0 Å². The Hall–Kier alpha value is -1.07. The molecule has 1 aliphatic heterocycles. The molecule has 1 aromatic heterocycles. The minimum Gasteiger partial charge on any atom is -0.356 e. The van der Waals surface area contributed by atoms with Crippen LogP contribution in [0.15, 0.2) is 22.5 Å². The van der Waals surface area contributed by atoms with Crippen LogP contribution in [0.5, 0.6) is 0 Å². The molecule has 0 amide bonds. The fraction of sp³-hybridized carbons (Fsp3) is 0.706. The van der Waals surface area contributed by atoms with Crippen molar-refractivity contribution in [3.63, 3.8) is 0 Å². The van der Waals surface area contributed by atoms with Crippen molar-refractivity contribution < 1.29 is 0 Å². The lowest BCUT2D eigenvalue weighted by atomic mass is 9.91. The Kier molecular flexibility index (Phi) is 6.26. The Balaban J connectivity index is 1.76. The summed E-state index contributed by atoms with van der Waals surface area (Å²) in [5.74, 6) is 1.66. The zero-order chi connectivity index (χ0) is 16.0. The third-order valence-corrected chi connectivity index (χ3v) is 5.72. The smallest absolute Gasteiger partial charge is 0.191 e. The summed E-state index contributed by atoms with van der Waals surface area (Å²) in [5.41, 5.74) is 0.123. The maximum Gasteiger partial charge on any atom is 0.191 e. The molecule has 2 N–H and O–H groups in total. The van der Waals surface area contributed by atoms with Gasteiger partial charge in [-0.1, -0.05) is 26.8 Å². The summed E-state index contributed by atoms with van der Waals surface area (Å²) < 4.78 is 0. The van der Waals surface area contributed by atoms with Gasteiger partial charge in [0.25, 0.3) is 0 Å². The van der Waals surface area contributed by atoms with Crippen LogP contribution in [0.25, 0.3) is 0 Å². The maximum atomic E-state index is 4.36. The molecule has 1 atom stereocenters. The van der Waals surface area contributed by atoms with Gasteiger partial charge in [0.1, 0.15) is 0 Å². The molecule has 1 saturated heterocycles. The van der Waals surface area contributed by atoms with Gasteiger partial charge in [0.05, 0.1) is 0 Å². The van der Waals surface area contributed by atoms with Gasteiger partial charge in [-0.3, -0.25) is 4.99 Å². The summed E-state index contributed by atoms with van der Waals surface area (Å²) in [4.78, 5) is 8.28. The number of guanidine groups is 1. The molecular weight excluding hydrogens is 292 g/mol. The molecule has 2 heterocycles. The van der Waals surface area contributed by atoms with Crippen molar-refractivity contribution in [3.05, 3.63) is 22.4 Å². The minimum atomic E-state index is 0.123. The molecule has 1 aliphatic rings. The number of rotatable bonds is 6. The molecular formula is C17H30N4S. The number of hydrogen-bond acceptors (Lipinski definition) is 3. The van der Waals surface area contributed by atoms with E-state index in [1.54, 1.807) is 0 Å². The maximum absolute atomic E-state index is 4.36. The normalized spacial score (nSPS) is 20.4. The summed E-state index contributed by atoms with van der Waals surface area (Å²) in [5, 5.41) is 9.11. The van der Waals surface area contributed by atoms with Crippen molar-refractivity contribution in [1.29, 1.82) is 0 Å². The van der Waals surface area contributed by atoms with Crippen LogP contribution in [0, 0.1) is 5.92 Å². The van der Waals surface area contributed by atoms with E-state index in [0.29, 0.717) is 0 Å². The Labute approximate surface area is 139 Å². The Morgan fingerprint density at radius 1 is 1.45 bits per heavy atom. The first kappa shape index (κ1) is 17.3. The van der Waals surface area contributed by atoms with Crippen molar-refractivity contribution in [2.75, 3.05) is 39.8 Å². The summed E-state index contributed by atoms with van der Waals surface area (Å²) >= 11 is 1.82. The lowest BCUT2D eigenvalue weighted by Gasteiger charge is -2.25. The van der Waals surface area contributed by atoms with Crippen LogP contribution in [-0.4, -0.2) is 50.6 Å². The largest absolute Gasteiger partial charge is 0.356 e. The Bertz CT molecular complexity index is 467. The van der Waals surface area contributed by atoms with E-state index in [1.165, 1.54) is 30.9 Å². The molecule has 0 radical (unpaired) electrons. The van der Waals surface area contributed by atoms with Crippen molar-refractivity contribution in [3.8, 4) is 0 Å². The van der Waals surface area contributed by atoms with Gasteiger partial charge in [0.2, 0.25) is 0 Å². The van der Waals surface area contributed by atoms with Crippen molar-refractivity contribution >= 4 is 17.3 Å². The first-order chi connectivity index (χ1) is 10.5. The Morgan fingerprint density at radius 3 is 2.86 bits per heavy atom. The second kappa shape index (κ2) is 7.97. The summed E-state index contributed by atoms with van der Waals surface area (Å²) in [6.07, 6.45) is 1.29. The number of thiophene rings is 1. The monoisotopic (exact) mass is 322 g/mol. The van der Waals surface area contributed by atoms with Crippen LogP contribution in [0.1, 0.15) is 32.1 Å². The minimum absolute atomic E-state index is 0.123. The van der Waals surface area contributed by atoms with Gasteiger partial charge in [-0.2, -0.15) is 0 Å². The third-order valence-electron chi connectivity index (χ3n) is 4.48. The lowest BCUT2D eigenvalue weighted by Crippen LogP contribution is -2.44. The molecule has 22 heavy (non-hydrogen) atoms. The first-order valence-corrected chi connectivity index (χ1v) is 9.14. The molecule has 1 aromatic rings. The standard InChI is InChI=1S/C17H30N4S/c1-5-21-9-8-14(12-21)11-19-16(18-4)20-13-17(2,3)15-7-6-10-22-15/h6-7,10,14H,5,8-9,11-13H2,1-4H3,(H2,18,19,20). The van der Waals surface area contributed by atoms with E-state index in [4.69, 9.17) is 0 Å². The number of likely N-dealkylation sites (tertiary alicyclic amines) is 1. The fourth-order valence-corrected chi connectivity index (χ4v) is 3.74. The zero-order valence-electron chi connectivity index (χ0n) is 14.4. The number of aliphatic imine (C=N–C) groups is 1. The topological polar surface area (TPSA) is 39.7 Å². The van der Waals surface area contributed by atoms with Gasteiger partial charge < -0.3 is 15.5 Å². The van der Waals surface area contributed by atoms with Crippen molar-refractivity contribution in [2.24, 2.45) is 10.9 Å². The van der Waals surface area contributed by atoms with E-state index in [1.807, 2.05) is 18.4 Å². The molecule has 5 heteroatoms. The number of nitrogens with zero attached hydrogens (tertiary/aromatic N) is 2. The van der Waals surface area contributed by atoms with Gasteiger partial charge in [-0.15, -0.1) is 11.3 Å². The lowest BCUT2D eigenvalue weighted by molar-refractivity contribution is 0.341. The second-order valence-corrected chi connectivity index (χ2v) is 7.66. The molecule has 0 bridgehead atoms. The van der Waals surface area contributed by atoms with Crippen LogP contribution in [0.2, 0.25) is 0 Å². The quantitative estimate of drug-likeness (QED) is 0.624. The molecule has 124 valence electrons.